The number of anilines is 1. The summed E-state index contributed by atoms with van der Waals surface area (Å²) < 4.78 is 6.08. The van der Waals surface area contributed by atoms with E-state index in [-0.39, 0.29) is 12.3 Å². The molecule has 0 aliphatic heterocycles. The Bertz CT molecular complexity index is 862. The molecule has 1 amide bonds. The van der Waals surface area contributed by atoms with Crippen LogP contribution in [0, 0.1) is 0 Å². The number of rotatable bonds is 4. The molecule has 1 heterocycles. The number of aromatic nitrogens is 1. The number of thiazole rings is 1. The van der Waals surface area contributed by atoms with Crippen molar-refractivity contribution in [2.45, 2.75) is 6.42 Å². The van der Waals surface area contributed by atoms with Gasteiger partial charge in [-0.05, 0) is 23.8 Å². The Labute approximate surface area is 147 Å². The van der Waals surface area contributed by atoms with Crippen molar-refractivity contribution in [1.82, 2.24) is 4.98 Å². The zero-order chi connectivity index (χ0) is 16.4. The minimum absolute atomic E-state index is 0.135. The zero-order valence-corrected chi connectivity index (χ0v) is 14.4. The molecule has 1 N–H and O–H groups in total. The molecule has 0 radical (unpaired) electrons. The second-order valence-corrected chi connectivity index (χ2v) is 6.70. The Morgan fingerprint density at radius 3 is 2.70 bits per heavy atom. The maximum Gasteiger partial charge on any atom is 0.230 e. The molecule has 3 aromatic rings. The van der Waals surface area contributed by atoms with Gasteiger partial charge in [-0.25, -0.2) is 4.98 Å². The second kappa shape index (κ2) is 6.74. The summed E-state index contributed by atoms with van der Waals surface area (Å²) >= 11 is 13.3. The van der Waals surface area contributed by atoms with Crippen molar-refractivity contribution in [1.29, 1.82) is 0 Å². The van der Waals surface area contributed by atoms with Crippen LogP contribution >= 0.6 is 34.5 Å². The fourth-order valence-electron chi connectivity index (χ4n) is 2.09. The highest BCUT2D eigenvalue weighted by molar-refractivity contribution is 7.22. The molecule has 0 saturated carbocycles. The number of benzene rings is 2. The highest BCUT2D eigenvalue weighted by atomic mass is 35.5. The smallest absolute Gasteiger partial charge is 0.230 e. The predicted octanol–water partition coefficient (Wildman–Crippen LogP) is 4.79. The zero-order valence-electron chi connectivity index (χ0n) is 12.1. The molecule has 0 aliphatic carbocycles. The maximum absolute atomic E-state index is 12.1. The third kappa shape index (κ3) is 3.75. The number of halogens is 2. The molecule has 7 heteroatoms. The molecular formula is C16H12Cl2N2O2S. The summed E-state index contributed by atoms with van der Waals surface area (Å²) in [6.07, 6.45) is 0.261. The van der Waals surface area contributed by atoms with Gasteiger partial charge in [0.25, 0.3) is 0 Å². The quantitative estimate of drug-likeness (QED) is 0.721. The number of nitrogens with one attached hydrogen (secondary N) is 1. The molecule has 2 aromatic carbocycles. The third-order valence-electron chi connectivity index (χ3n) is 3.19. The van der Waals surface area contributed by atoms with Crippen LogP contribution in [-0.2, 0) is 11.2 Å². The molecule has 0 fully saturated rings. The van der Waals surface area contributed by atoms with Crippen molar-refractivity contribution in [3.05, 3.63) is 52.0 Å². The fraction of sp³-hybridized carbons (Fsp3) is 0.125. The van der Waals surface area contributed by atoms with Gasteiger partial charge < -0.3 is 10.1 Å². The van der Waals surface area contributed by atoms with Gasteiger partial charge in [0.15, 0.2) is 5.13 Å². The largest absolute Gasteiger partial charge is 0.495 e. The average Bonchev–Trinajstić information content (AvgIpc) is 2.89. The van der Waals surface area contributed by atoms with Gasteiger partial charge in [0, 0.05) is 11.1 Å². The SMILES string of the molecule is COc1cc2sc(NC(=O)Cc3ccc(Cl)cc3)nc2cc1Cl. The normalized spacial score (nSPS) is 10.7. The first kappa shape index (κ1) is 16.1. The van der Waals surface area contributed by atoms with Gasteiger partial charge >= 0.3 is 0 Å². The van der Waals surface area contributed by atoms with Crippen molar-refractivity contribution < 1.29 is 9.53 Å². The van der Waals surface area contributed by atoms with Crippen molar-refractivity contribution in [3.63, 3.8) is 0 Å². The van der Waals surface area contributed by atoms with Crippen LogP contribution in [0.1, 0.15) is 5.56 Å². The van der Waals surface area contributed by atoms with E-state index in [0.717, 1.165) is 15.8 Å². The van der Waals surface area contributed by atoms with E-state index < -0.39 is 0 Å². The van der Waals surface area contributed by atoms with Gasteiger partial charge in [-0.15, -0.1) is 0 Å². The van der Waals surface area contributed by atoms with Crippen LogP contribution in [0.15, 0.2) is 36.4 Å². The number of carbonyl (C=O) groups excluding carboxylic acids is 1. The average molecular weight is 367 g/mol. The Kier molecular flexibility index (Phi) is 4.71. The molecule has 0 unspecified atom stereocenters. The lowest BCUT2D eigenvalue weighted by molar-refractivity contribution is -0.115. The molecule has 23 heavy (non-hydrogen) atoms. The third-order valence-corrected chi connectivity index (χ3v) is 4.67. The summed E-state index contributed by atoms with van der Waals surface area (Å²) in [6, 6.07) is 10.7. The standard InChI is InChI=1S/C16H12Cl2N2O2S/c1-22-13-8-14-12(7-11(13)18)19-16(23-14)20-15(21)6-9-2-4-10(17)5-3-9/h2-5,7-8H,6H2,1H3,(H,19,20,21). The van der Waals surface area contributed by atoms with Gasteiger partial charge in [0.05, 0.1) is 28.8 Å². The van der Waals surface area contributed by atoms with Crippen LogP contribution in [0.5, 0.6) is 5.75 Å². The molecule has 0 bridgehead atoms. The van der Waals surface area contributed by atoms with Crippen LogP contribution in [0.4, 0.5) is 5.13 Å². The van der Waals surface area contributed by atoms with Crippen molar-refractivity contribution in [3.8, 4) is 5.75 Å². The summed E-state index contributed by atoms with van der Waals surface area (Å²) in [7, 11) is 1.56. The summed E-state index contributed by atoms with van der Waals surface area (Å²) in [4.78, 5) is 16.5. The Morgan fingerprint density at radius 1 is 1.26 bits per heavy atom. The van der Waals surface area contributed by atoms with Gasteiger partial charge in [-0.3, -0.25) is 4.79 Å². The number of carbonyl (C=O) groups is 1. The lowest BCUT2D eigenvalue weighted by atomic mass is 10.1. The van der Waals surface area contributed by atoms with Crippen LogP contribution in [0.25, 0.3) is 10.2 Å². The van der Waals surface area contributed by atoms with E-state index in [9.17, 15) is 4.79 Å². The minimum atomic E-state index is -0.135. The van der Waals surface area contributed by atoms with E-state index in [1.54, 1.807) is 25.3 Å². The molecule has 4 nitrogen and oxygen atoms in total. The molecule has 118 valence electrons. The van der Waals surface area contributed by atoms with Crippen molar-refractivity contribution >= 4 is 55.8 Å². The number of hydrogen-bond donors (Lipinski definition) is 1. The highest BCUT2D eigenvalue weighted by Gasteiger charge is 2.11. The van der Waals surface area contributed by atoms with Crippen LogP contribution < -0.4 is 10.1 Å². The van der Waals surface area contributed by atoms with Crippen molar-refractivity contribution in [2.24, 2.45) is 0 Å². The lowest BCUT2D eigenvalue weighted by Crippen LogP contribution is -2.14. The Balaban J connectivity index is 1.75. The first-order valence-corrected chi connectivity index (χ1v) is 8.31. The second-order valence-electron chi connectivity index (χ2n) is 4.82. The summed E-state index contributed by atoms with van der Waals surface area (Å²) in [5.74, 6) is 0.450. The topological polar surface area (TPSA) is 51.2 Å². The monoisotopic (exact) mass is 366 g/mol. The van der Waals surface area contributed by atoms with Crippen LogP contribution in [0.3, 0.4) is 0 Å². The number of methoxy groups -OCH3 is 1. The molecule has 3 rings (SSSR count). The van der Waals surface area contributed by atoms with Crippen LogP contribution in [-0.4, -0.2) is 18.0 Å². The summed E-state index contributed by atoms with van der Waals surface area (Å²) in [6.45, 7) is 0. The number of fused-ring (bicyclic) bond motifs is 1. The summed E-state index contributed by atoms with van der Waals surface area (Å²) in [5.41, 5.74) is 1.61. The number of hydrogen-bond acceptors (Lipinski definition) is 4. The first-order valence-electron chi connectivity index (χ1n) is 6.73. The number of ether oxygens (including phenoxy) is 1. The maximum atomic E-state index is 12.1. The lowest BCUT2D eigenvalue weighted by Gasteiger charge is -2.01. The molecule has 0 atom stereocenters. The van der Waals surface area contributed by atoms with E-state index in [2.05, 4.69) is 10.3 Å². The summed E-state index contributed by atoms with van der Waals surface area (Å²) in [5, 5.41) is 4.47. The first-order chi connectivity index (χ1) is 11.0. The minimum Gasteiger partial charge on any atom is -0.495 e. The number of amides is 1. The fourth-order valence-corrected chi connectivity index (χ4v) is 3.34. The van der Waals surface area contributed by atoms with Gasteiger partial charge in [0.1, 0.15) is 5.75 Å². The molecule has 0 aliphatic rings. The molecule has 0 saturated heterocycles. The van der Waals surface area contributed by atoms with Gasteiger partial charge in [-0.1, -0.05) is 46.7 Å². The molecular weight excluding hydrogens is 355 g/mol. The highest BCUT2D eigenvalue weighted by Crippen LogP contribution is 2.34. The molecule has 1 aromatic heterocycles. The van der Waals surface area contributed by atoms with E-state index in [4.69, 9.17) is 27.9 Å². The van der Waals surface area contributed by atoms with Gasteiger partial charge in [0.2, 0.25) is 5.91 Å². The van der Waals surface area contributed by atoms with E-state index >= 15 is 0 Å². The molecule has 0 spiro atoms. The van der Waals surface area contributed by atoms with Crippen LogP contribution in [0.2, 0.25) is 10.0 Å². The van der Waals surface area contributed by atoms with E-state index in [1.165, 1.54) is 11.3 Å². The predicted molar refractivity (Wildman–Crippen MR) is 95.0 cm³/mol. The van der Waals surface area contributed by atoms with Crippen molar-refractivity contribution in [2.75, 3.05) is 12.4 Å². The Morgan fingerprint density at radius 2 is 2.00 bits per heavy atom. The van der Waals surface area contributed by atoms with E-state index in [0.29, 0.717) is 20.9 Å². The number of nitrogens with zero attached hydrogens (tertiary/aromatic N) is 1. The van der Waals surface area contributed by atoms with E-state index in [1.807, 2.05) is 18.2 Å². The Hall–Kier alpha value is -1.82. The van der Waals surface area contributed by atoms with Gasteiger partial charge in [-0.2, -0.15) is 0 Å².